The number of hydrogen-bond acceptors (Lipinski definition) is 3. The van der Waals surface area contributed by atoms with E-state index in [0.717, 1.165) is 24.8 Å². The number of aromatic hydroxyl groups is 1. The molecule has 5 aliphatic rings. The van der Waals surface area contributed by atoms with Crippen LogP contribution >= 0.6 is 0 Å². The van der Waals surface area contributed by atoms with Crippen LogP contribution in [0.15, 0.2) is 47.6 Å². The van der Waals surface area contributed by atoms with Gasteiger partial charge in [-0.3, -0.25) is 9.59 Å². The number of phenolic OH excluding ortho intramolecular Hbond substituents is 1. The third-order valence-electron chi connectivity index (χ3n) is 11.4. The summed E-state index contributed by atoms with van der Waals surface area (Å²) in [5.41, 5.74) is 2.18. The van der Waals surface area contributed by atoms with Crippen molar-refractivity contribution in [3.63, 3.8) is 0 Å². The first kappa shape index (κ1) is 24.0. The third-order valence-corrected chi connectivity index (χ3v) is 11.4. The summed E-state index contributed by atoms with van der Waals surface area (Å²) >= 11 is 0. The van der Waals surface area contributed by atoms with Crippen LogP contribution in [0.4, 0.5) is 0 Å². The largest absolute Gasteiger partial charge is 0.508 e. The van der Waals surface area contributed by atoms with Crippen molar-refractivity contribution in [2.75, 3.05) is 0 Å². The van der Waals surface area contributed by atoms with Gasteiger partial charge in [0.2, 0.25) is 5.91 Å². The van der Waals surface area contributed by atoms with Gasteiger partial charge in [-0.15, -0.1) is 0 Å². The SMILES string of the molecule is CC1=C[C@@]2(C)[C@H]3C(C)=C[C@@]4(C)C[C@@H](C)CC[C@@H]4[C@H]3C(=O)[C@@]23C(=O)N[C@H](Cc2ccc(O)cc2)[C@@H]3[C@H]1C. The molecule has 10 atom stereocenters. The van der Waals surface area contributed by atoms with E-state index in [4.69, 9.17) is 0 Å². The maximum absolute atomic E-state index is 15.0. The van der Waals surface area contributed by atoms with Crippen LogP contribution in [-0.4, -0.2) is 22.8 Å². The first-order valence-corrected chi connectivity index (χ1v) is 14.0. The van der Waals surface area contributed by atoms with Crippen molar-refractivity contribution >= 4 is 11.7 Å². The second kappa shape index (κ2) is 7.58. The summed E-state index contributed by atoms with van der Waals surface area (Å²) in [5.74, 6) is 1.45. The number of fused-ring (bicyclic) bond motifs is 4. The van der Waals surface area contributed by atoms with Crippen molar-refractivity contribution in [1.29, 1.82) is 0 Å². The Morgan fingerprint density at radius 1 is 1.00 bits per heavy atom. The Morgan fingerprint density at radius 2 is 1.69 bits per heavy atom. The highest BCUT2D eigenvalue weighted by Gasteiger charge is 2.79. The predicted molar refractivity (Wildman–Crippen MR) is 141 cm³/mol. The number of rotatable bonds is 2. The zero-order chi connectivity index (χ0) is 25.8. The minimum absolute atomic E-state index is 0.0272. The summed E-state index contributed by atoms with van der Waals surface area (Å²) in [6.45, 7) is 13.6. The molecule has 0 unspecified atom stereocenters. The number of carbonyl (C=O) groups excluding carboxylic acids is 2. The minimum Gasteiger partial charge on any atom is -0.508 e. The average Bonchev–Trinajstić information content (AvgIpc) is 3.20. The summed E-state index contributed by atoms with van der Waals surface area (Å²) in [4.78, 5) is 29.2. The lowest BCUT2D eigenvalue weighted by Gasteiger charge is -2.53. The van der Waals surface area contributed by atoms with Gasteiger partial charge < -0.3 is 10.4 Å². The van der Waals surface area contributed by atoms with Crippen molar-refractivity contribution in [1.82, 2.24) is 5.32 Å². The molecule has 2 saturated carbocycles. The standard InChI is InChI=1S/C32H41NO3/c1-17-7-12-23-25-26(19(3)15-30(23,5)14-17)31(6)16-18(2)20(4)27-24(13-21-8-10-22(34)11-9-21)33-29(36)32(27,31)28(25)35/h8-11,15-17,20,23-27,34H,7,12-14H2,1-6H3,(H,33,36)/t17-,20-,23+,24+,25+,26-,27-,30+,31-,32-/m0/s1. The Morgan fingerprint density at radius 3 is 2.39 bits per heavy atom. The topological polar surface area (TPSA) is 66.4 Å². The Kier molecular flexibility index (Phi) is 5.06. The number of phenols is 1. The molecule has 36 heavy (non-hydrogen) atoms. The maximum atomic E-state index is 15.0. The molecule has 0 aromatic heterocycles. The zero-order valence-corrected chi connectivity index (χ0v) is 22.6. The van der Waals surface area contributed by atoms with Gasteiger partial charge in [0, 0.05) is 23.3 Å². The van der Waals surface area contributed by atoms with Gasteiger partial charge in [-0.2, -0.15) is 0 Å². The Balaban J connectivity index is 1.50. The average molecular weight is 488 g/mol. The molecule has 1 spiro atoms. The van der Waals surface area contributed by atoms with Gasteiger partial charge in [-0.1, -0.05) is 69.5 Å². The van der Waals surface area contributed by atoms with Gasteiger partial charge in [-0.25, -0.2) is 0 Å². The normalized spacial score (nSPS) is 47.2. The van der Waals surface area contributed by atoms with E-state index < -0.39 is 10.8 Å². The summed E-state index contributed by atoms with van der Waals surface area (Å²) in [5, 5.41) is 13.1. The molecule has 1 aromatic rings. The Labute approximate surface area is 215 Å². The van der Waals surface area contributed by atoms with Crippen LogP contribution in [0, 0.1) is 51.8 Å². The van der Waals surface area contributed by atoms with E-state index >= 15 is 0 Å². The fourth-order valence-corrected chi connectivity index (χ4v) is 10.2. The van der Waals surface area contributed by atoms with Gasteiger partial charge >= 0.3 is 0 Å². The fraction of sp³-hybridized carbons (Fsp3) is 0.625. The molecule has 2 N–H and O–H groups in total. The first-order valence-electron chi connectivity index (χ1n) is 14.0. The van der Waals surface area contributed by atoms with Gasteiger partial charge in [0.25, 0.3) is 0 Å². The molecule has 1 heterocycles. The van der Waals surface area contributed by atoms with Gasteiger partial charge in [0.05, 0.1) is 0 Å². The van der Waals surface area contributed by atoms with E-state index in [1.54, 1.807) is 12.1 Å². The molecule has 4 heteroatoms. The lowest BCUT2D eigenvalue weighted by Crippen LogP contribution is -2.55. The molecular weight excluding hydrogens is 446 g/mol. The van der Waals surface area contributed by atoms with Crippen molar-refractivity contribution in [2.45, 2.75) is 73.3 Å². The maximum Gasteiger partial charge on any atom is 0.235 e. The van der Waals surface area contributed by atoms with Crippen LogP contribution in [-0.2, 0) is 16.0 Å². The zero-order valence-electron chi connectivity index (χ0n) is 22.6. The number of nitrogens with one attached hydrogen (secondary N) is 1. The van der Waals surface area contributed by atoms with E-state index in [-0.39, 0.29) is 52.6 Å². The van der Waals surface area contributed by atoms with Gasteiger partial charge in [0.1, 0.15) is 11.2 Å². The van der Waals surface area contributed by atoms with Crippen LogP contribution in [0.2, 0.25) is 0 Å². The lowest BCUT2D eigenvalue weighted by molar-refractivity contribution is -0.148. The fourth-order valence-electron chi connectivity index (χ4n) is 10.2. The van der Waals surface area contributed by atoms with Crippen molar-refractivity contribution in [2.24, 2.45) is 51.8 Å². The van der Waals surface area contributed by atoms with E-state index in [9.17, 15) is 14.7 Å². The summed E-state index contributed by atoms with van der Waals surface area (Å²) in [7, 11) is 0. The number of ketones is 1. The van der Waals surface area contributed by atoms with Crippen LogP contribution in [0.1, 0.15) is 66.4 Å². The minimum atomic E-state index is -1.02. The first-order chi connectivity index (χ1) is 16.9. The van der Waals surface area contributed by atoms with Crippen LogP contribution < -0.4 is 5.32 Å². The Hall–Kier alpha value is -2.36. The molecule has 1 saturated heterocycles. The molecule has 1 amide bonds. The molecule has 0 radical (unpaired) electrons. The summed E-state index contributed by atoms with van der Waals surface area (Å²) < 4.78 is 0. The summed E-state index contributed by atoms with van der Waals surface area (Å²) in [6.07, 6.45) is 8.87. The van der Waals surface area contributed by atoms with Crippen LogP contribution in [0.5, 0.6) is 5.75 Å². The molecule has 1 aromatic carbocycles. The van der Waals surface area contributed by atoms with E-state index in [2.05, 4.69) is 59.0 Å². The highest BCUT2D eigenvalue weighted by atomic mass is 16.3. The smallest absolute Gasteiger partial charge is 0.235 e. The monoisotopic (exact) mass is 487 g/mol. The predicted octanol–water partition coefficient (Wildman–Crippen LogP) is 5.86. The van der Waals surface area contributed by atoms with E-state index in [1.165, 1.54) is 11.1 Å². The number of amides is 1. The molecule has 6 rings (SSSR count). The van der Waals surface area contributed by atoms with Crippen LogP contribution in [0.3, 0.4) is 0 Å². The van der Waals surface area contributed by atoms with E-state index in [1.807, 2.05) is 12.1 Å². The van der Waals surface area contributed by atoms with E-state index in [0.29, 0.717) is 18.3 Å². The summed E-state index contributed by atoms with van der Waals surface area (Å²) in [6, 6.07) is 7.16. The second-order valence-corrected chi connectivity index (χ2v) is 13.5. The Bertz CT molecular complexity index is 1200. The highest BCUT2D eigenvalue weighted by Crippen LogP contribution is 2.73. The molecule has 1 aliphatic heterocycles. The number of Topliss-reactive ketones (excluding diaryl/α,β-unsaturated/α-hetero) is 1. The molecule has 4 aliphatic carbocycles. The third kappa shape index (κ3) is 2.82. The highest BCUT2D eigenvalue weighted by molar-refractivity contribution is 6.13. The van der Waals surface area contributed by atoms with Crippen LogP contribution in [0.25, 0.3) is 0 Å². The molecular formula is C32H41NO3. The lowest BCUT2D eigenvalue weighted by atomic mass is 9.49. The second-order valence-electron chi connectivity index (χ2n) is 13.5. The molecule has 4 nitrogen and oxygen atoms in total. The molecule has 3 fully saturated rings. The van der Waals surface area contributed by atoms with Crippen molar-refractivity contribution in [3.05, 3.63) is 53.1 Å². The van der Waals surface area contributed by atoms with Crippen molar-refractivity contribution in [3.8, 4) is 5.75 Å². The number of benzene rings is 1. The van der Waals surface area contributed by atoms with Crippen molar-refractivity contribution < 1.29 is 14.7 Å². The molecule has 0 bridgehead atoms. The van der Waals surface area contributed by atoms with Gasteiger partial charge in [0.15, 0.2) is 5.78 Å². The number of hydrogen-bond donors (Lipinski definition) is 2. The number of allylic oxidation sites excluding steroid dienone is 4. The number of carbonyl (C=O) groups is 2. The van der Waals surface area contributed by atoms with Gasteiger partial charge in [-0.05, 0) is 79.9 Å². The quantitative estimate of drug-likeness (QED) is 0.406. The molecule has 192 valence electrons.